The van der Waals surface area contributed by atoms with Crippen LogP contribution in [0.5, 0.6) is 11.5 Å². The number of rotatable bonds is 35. The Bertz CT molecular complexity index is 1220. The molecule has 53 heavy (non-hydrogen) atoms. The van der Waals surface area contributed by atoms with Gasteiger partial charge in [-0.2, -0.15) is 0 Å². The Labute approximate surface area is 325 Å². The standard InChI is InChI=1S/C49H76O4/c1-3-5-7-9-11-13-15-17-19-21-23-25-27-41-52-48-37-31-44(32-38-48)29-35-46(50)43-47(51)36-30-45-33-39-49(40-34-45)53-42-28-26-24-22-20-18-16-14-12-10-8-6-4-2/h29-40,43,50H,3-28,41-42H2,1-2H3/b35-29+,36-30+,46-43-. The second-order valence-electron chi connectivity index (χ2n) is 15.0. The normalized spacial score (nSPS) is 11.9. The van der Waals surface area contributed by atoms with Gasteiger partial charge in [-0.1, -0.05) is 204 Å². The van der Waals surface area contributed by atoms with Crippen LogP contribution in [0.1, 0.15) is 192 Å². The summed E-state index contributed by atoms with van der Waals surface area (Å²) in [4.78, 5) is 12.4. The van der Waals surface area contributed by atoms with Crippen molar-refractivity contribution in [2.75, 3.05) is 13.2 Å². The van der Waals surface area contributed by atoms with Crippen LogP contribution in [0.25, 0.3) is 12.2 Å². The van der Waals surface area contributed by atoms with Crippen LogP contribution in [0.4, 0.5) is 0 Å². The number of ketones is 1. The van der Waals surface area contributed by atoms with Crippen molar-refractivity contribution < 1.29 is 19.4 Å². The van der Waals surface area contributed by atoms with Gasteiger partial charge < -0.3 is 14.6 Å². The highest BCUT2D eigenvalue weighted by molar-refractivity contribution is 6.02. The van der Waals surface area contributed by atoms with Gasteiger partial charge >= 0.3 is 0 Å². The van der Waals surface area contributed by atoms with E-state index in [0.717, 1.165) is 48.7 Å². The molecule has 0 atom stereocenters. The second-order valence-corrected chi connectivity index (χ2v) is 15.0. The van der Waals surface area contributed by atoms with Crippen molar-refractivity contribution in [1.29, 1.82) is 0 Å². The fraction of sp³-hybridized carbons (Fsp3) is 0.612. The number of aliphatic hydroxyl groups excluding tert-OH is 1. The average Bonchev–Trinajstić information content (AvgIpc) is 3.17. The molecule has 0 aliphatic heterocycles. The highest BCUT2D eigenvalue weighted by Crippen LogP contribution is 2.18. The summed E-state index contributed by atoms with van der Waals surface area (Å²) in [6, 6.07) is 15.6. The van der Waals surface area contributed by atoms with Crippen LogP contribution >= 0.6 is 0 Å². The molecule has 0 aliphatic rings. The van der Waals surface area contributed by atoms with Crippen LogP contribution in [0.15, 0.2) is 72.5 Å². The van der Waals surface area contributed by atoms with E-state index in [1.807, 2.05) is 48.5 Å². The maximum atomic E-state index is 12.4. The number of ether oxygens (including phenoxy) is 2. The van der Waals surface area contributed by atoms with Crippen molar-refractivity contribution in [3.63, 3.8) is 0 Å². The van der Waals surface area contributed by atoms with Gasteiger partial charge in [0.1, 0.15) is 17.3 Å². The Morgan fingerprint density at radius 2 is 0.755 bits per heavy atom. The van der Waals surface area contributed by atoms with E-state index >= 15 is 0 Å². The van der Waals surface area contributed by atoms with Crippen molar-refractivity contribution in [3.8, 4) is 11.5 Å². The van der Waals surface area contributed by atoms with Crippen LogP contribution in [-0.4, -0.2) is 24.1 Å². The van der Waals surface area contributed by atoms with Gasteiger partial charge in [-0.15, -0.1) is 0 Å². The third kappa shape index (κ3) is 27.0. The third-order valence-corrected chi connectivity index (χ3v) is 9.97. The Morgan fingerprint density at radius 1 is 0.453 bits per heavy atom. The molecule has 0 heterocycles. The monoisotopic (exact) mass is 729 g/mol. The van der Waals surface area contributed by atoms with E-state index < -0.39 is 0 Å². The first-order chi connectivity index (χ1) is 26.1. The highest BCUT2D eigenvalue weighted by atomic mass is 16.5. The molecule has 0 aromatic heterocycles. The lowest BCUT2D eigenvalue weighted by Crippen LogP contribution is -1.97. The third-order valence-electron chi connectivity index (χ3n) is 9.97. The summed E-state index contributed by atoms with van der Waals surface area (Å²) >= 11 is 0. The molecule has 2 aromatic rings. The van der Waals surface area contributed by atoms with Crippen LogP contribution in [0, 0.1) is 0 Å². The molecule has 0 fully saturated rings. The molecule has 0 spiro atoms. The van der Waals surface area contributed by atoms with Gasteiger partial charge in [-0.05, 0) is 60.4 Å². The molecule has 0 amide bonds. The number of hydrogen-bond donors (Lipinski definition) is 1. The zero-order valence-corrected chi connectivity index (χ0v) is 34.0. The molecule has 0 unspecified atom stereocenters. The first kappa shape index (κ1) is 45.9. The van der Waals surface area contributed by atoms with Crippen molar-refractivity contribution >= 4 is 17.9 Å². The first-order valence-corrected chi connectivity index (χ1v) is 21.9. The largest absolute Gasteiger partial charge is 0.508 e. The minimum Gasteiger partial charge on any atom is -0.508 e. The SMILES string of the molecule is CCCCCCCCCCCCCCCOc1ccc(/C=C/C(=O)/C=C(O)/C=C/c2ccc(OCCCCCCCCCCCCCCC)cc2)cc1. The molecular weight excluding hydrogens is 653 g/mol. The molecule has 0 saturated heterocycles. The number of carbonyl (C=O) groups is 1. The predicted octanol–water partition coefficient (Wildman–Crippen LogP) is 15.4. The van der Waals surface area contributed by atoms with Crippen molar-refractivity contribution in [1.82, 2.24) is 0 Å². The number of allylic oxidation sites excluding steroid dienone is 3. The summed E-state index contributed by atoms with van der Waals surface area (Å²) in [7, 11) is 0. The fourth-order valence-electron chi connectivity index (χ4n) is 6.57. The van der Waals surface area contributed by atoms with Gasteiger partial charge in [0, 0.05) is 6.08 Å². The fourth-order valence-corrected chi connectivity index (χ4v) is 6.57. The molecular formula is C49H76O4. The van der Waals surface area contributed by atoms with Crippen molar-refractivity contribution in [2.24, 2.45) is 0 Å². The Kier molecular flexibility index (Phi) is 28.8. The summed E-state index contributed by atoms with van der Waals surface area (Å²) in [6.07, 6.45) is 42.7. The van der Waals surface area contributed by atoms with Gasteiger partial charge in [-0.3, -0.25) is 4.79 Å². The zero-order valence-electron chi connectivity index (χ0n) is 34.0. The summed E-state index contributed by atoms with van der Waals surface area (Å²) in [5.41, 5.74) is 1.84. The number of benzene rings is 2. The van der Waals surface area contributed by atoms with E-state index in [-0.39, 0.29) is 11.5 Å². The molecule has 0 aliphatic carbocycles. The van der Waals surface area contributed by atoms with Crippen molar-refractivity contribution in [2.45, 2.75) is 181 Å². The van der Waals surface area contributed by atoms with Gasteiger partial charge in [0.15, 0.2) is 5.78 Å². The Hall–Kier alpha value is -3.27. The topological polar surface area (TPSA) is 55.8 Å². The highest BCUT2D eigenvalue weighted by Gasteiger charge is 2.00. The maximum absolute atomic E-state index is 12.4. The molecule has 0 saturated carbocycles. The van der Waals surface area contributed by atoms with Gasteiger partial charge in [-0.25, -0.2) is 0 Å². The van der Waals surface area contributed by atoms with Crippen LogP contribution in [0.2, 0.25) is 0 Å². The average molecular weight is 729 g/mol. The van der Waals surface area contributed by atoms with E-state index in [1.165, 1.54) is 166 Å². The molecule has 2 rings (SSSR count). The Morgan fingerprint density at radius 3 is 1.09 bits per heavy atom. The number of unbranched alkanes of at least 4 members (excludes halogenated alkanes) is 24. The van der Waals surface area contributed by atoms with Gasteiger partial charge in [0.05, 0.1) is 13.2 Å². The van der Waals surface area contributed by atoms with Gasteiger partial charge in [0.2, 0.25) is 0 Å². The van der Waals surface area contributed by atoms with E-state index in [9.17, 15) is 9.90 Å². The lowest BCUT2D eigenvalue weighted by molar-refractivity contribution is -0.110. The molecule has 296 valence electrons. The molecule has 0 bridgehead atoms. The van der Waals surface area contributed by atoms with Crippen LogP contribution in [0.3, 0.4) is 0 Å². The second kappa shape index (κ2) is 33.3. The van der Waals surface area contributed by atoms with E-state index in [0.29, 0.717) is 0 Å². The summed E-state index contributed by atoms with van der Waals surface area (Å²) in [5, 5.41) is 10.3. The van der Waals surface area contributed by atoms with Crippen LogP contribution < -0.4 is 9.47 Å². The zero-order chi connectivity index (χ0) is 37.9. The van der Waals surface area contributed by atoms with Crippen LogP contribution in [-0.2, 0) is 4.79 Å². The lowest BCUT2D eigenvalue weighted by atomic mass is 10.0. The summed E-state index contributed by atoms with van der Waals surface area (Å²) < 4.78 is 11.8. The quantitative estimate of drug-likeness (QED) is 0.0332. The van der Waals surface area contributed by atoms with E-state index in [4.69, 9.17) is 9.47 Å². The summed E-state index contributed by atoms with van der Waals surface area (Å²) in [6.45, 7) is 6.03. The predicted molar refractivity (Wildman–Crippen MR) is 229 cm³/mol. The molecule has 1 N–H and O–H groups in total. The van der Waals surface area contributed by atoms with Gasteiger partial charge in [0.25, 0.3) is 0 Å². The molecule has 2 aromatic carbocycles. The van der Waals surface area contributed by atoms with E-state index in [1.54, 1.807) is 18.2 Å². The summed E-state index contributed by atoms with van der Waals surface area (Å²) in [5.74, 6) is 1.35. The molecule has 4 nitrogen and oxygen atoms in total. The number of aliphatic hydroxyl groups is 1. The van der Waals surface area contributed by atoms with Crippen molar-refractivity contribution in [3.05, 3.63) is 83.6 Å². The first-order valence-electron chi connectivity index (χ1n) is 21.9. The lowest BCUT2D eigenvalue weighted by Gasteiger charge is -2.07. The smallest absolute Gasteiger partial charge is 0.182 e. The van der Waals surface area contributed by atoms with E-state index in [2.05, 4.69) is 13.8 Å². The molecule has 0 radical (unpaired) electrons. The Balaban J connectivity index is 1.51. The number of hydrogen-bond acceptors (Lipinski definition) is 4. The maximum Gasteiger partial charge on any atom is 0.182 e. The molecule has 4 heteroatoms. The minimum atomic E-state index is -0.271. The number of carbonyl (C=O) groups excluding carboxylic acids is 1. The minimum absolute atomic E-state index is 0.0840.